The Bertz CT molecular complexity index is 86.4. The molecule has 0 fully saturated rings. The highest BCUT2D eigenvalue weighted by Crippen LogP contribution is 1.88. The minimum Gasteiger partial charge on any atom is -0.385 e. The van der Waals surface area contributed by atoms with Crippen LogP contribution < -0.4 is 0 Å². The van der Waals surface area contributed by atoms with Crippen molar-refractivity contribution in [2.75, 3.05) is 0 Å². The number of carbonyl (C=O) groups is 2. The van der Waals surface area contributed by atoms with Crippen molar-refractivity contribution < 1.29 is 14.3 Å². The average Bonchev–Trinajstić information content (AvgIpc) is 1.27. The number of halogens is 1. The summed E-state index contributed by atoms with van der Waals surface area (Å²) in [5.74, 6) is -0.609. The predicted molar refractivity (Wildman–Crippen MR) is 26.1 cm³/mol. The minimum atomic E-state index is -0.750. The highest BCUT2D eigenvalue weighted by atomic mass is 79.9. The zero-order valence-electron chi connectivity index (χ0n) is 3.60. The molecule has 7 heavy (non-hydrogen) atoms. The van der Waals surface area contributed by atoms with Crippen LogP contribution in [0.2, 0.25) is 0 Å². The van der Waals surface area contributed by atoms with E-state index in [9.17, 15) is 9.59 Å². The second-order valence-corrected chi connectivity index (χ2v) is 1.48. The molecular weight excluding hydrogens is 164 g/mol. The molecule has 0 aliphatic carbocycles. The van der Waals surface area contributed by atoms with Crippen LogP contribution in [0.1, 0.15) is 6.92 Å². The Morgan fingerprint density at radius 1 is 1.57 bits per heavy atom. The molecule has 0 amide bonds. The van der Waals surface area contributed by atoms with Crippen LogP contribution >= 0.6 is 15.9 Å². The van der Waals surface area contributed by atoms with E-state index in [1.165, 1.54) is 0 Å². The zero-order chi connectivity index (χ0) is 5.86. The maximum absolute atomic E-state index is 9.78. The van der Waals surface area contributed by atoms with Crippen LogP contribution in [0, 0.1) is 0 Å². The normalized spacial score (nSPS) is 7.71. The predicted octanol–water partition coefficient (Wildman–Crippen LogP) is 1.06. The Kier molecular flexibility index (Phi) is 2.59. The van der Waals surface area contributed by atoms with Crippen LogP contribution in [0.15, 0.2) is 0 Å². The van der Waals surface area contributed by atoms with Gasteiger partial charge in [-0.3, -0.25) is 4.79 Å². The summed E-state index contributed by atoms with van der Waals surface area (Å²) in [4.78, 5) is 18.8. The number of esters is 1. The number of rotatable bonds is 0. The summed E-state index contributed by atoms with van der Waals surface area (Å²) in [6.07, 6.45) is 0. The molecule has 0 aromatic heterocycles. The van der Waals surface area contributed by atoms with Crippen molar-refractivity contribution in [3.05, 3.63) is 0 Å². The summed E-state index contributed by atoms with van der Waals surface area (Å²) in [7, 11) is 0. The van der Waals surface area contributed by atoms with E-state index in [1.54, 1.807) is 0 Å². The molecule has 0 N–H and O–H groups in total. The molecule has 3 nitrogen and oxygen atoms in total. The van der Waals surface area contributed by atoms with Crippen molar-refractivity contribution in [3.8, 4) is 0 Å². The molecule has 0 heterocycles. The fraction of sp³-hybridized carbons (Fsp3) is 0.333. The standard InChI is InChI=1S/C3H3BrO3/c1-2(5)7-3(4)6/h1H3. The van der Waals surface area contributed by atoms with Gasteiger partial charge in [-0.2, -0.15) is 0 Å². The molecule has 40 valence electrons. The van der Waals surface area contributed by atoms with Crippen LogP contribution in [0.25, 0.3) is 0 Å². The average molecular weight is 167 g/mol. The first-order valence-corrected chi connectivity index (χ1v) is 2.30. The smallest absolute Gasteiger partial charge is 0.382 e. The molecule has 0 saturated heterocycles. The highest BCUT2D eigenvalue weighted by Gasteiger charge is 1.96. The third-order valence-corrected chi connectivity index (χ3v) is 0.386. The zero-order valence-corrected chi connectivity index (χ0v) is 5.19. The van der Waals surface area contributed by atoms with E-state index in [-0.39, 0.29) is 0 Å². The number of hydrogen-bond donors (Lipinski definition) is 0. The van der Waals surface area contributed by atoms with Crippen LogP contribution in [-0.4, -0.2) is 10.8 Å². The van der Waals surface area contributed by atoms with E-state index in [1.807, 2.05) is 0 Å². The Labute approximate surface area is 48.8 Å². The molecule has 0 aliphatic heterocycles. The van der Waals surface area contributed by atoms with Crippen molar-refractivity contribution in [1.29, 1.82) is 0 Å². The fourth-order valence-corrected chi connectivity index (χ4v) is 0.341. The first-order chi connectivity index (χ1) is 3.13. The van der Waals surface area contributed by atoms with Crippen LogP contribution in [0.5, 0.6) is 0 Å². The second kappa shape index (κ2) is 2.74. The summed E-state index contributed by atoms with van der Waals surface area (Å²) in [5.41, 5.74) is 0. The number of carbonyl (C=O) groups excluding carboxylic acids is 2. The van der Waals surface area contributed by atoms with Gasteiger partial charge >= 0.3 is 10.8 Å². The largest absolute Gasteiger partial charge is 0.385 e. The van der Waals surface area contributed by atoms with Gasteiger partial charge in [0.1, 0.15) is 0 Å². The van der Waals surface area contributed by atoms with Gasteiger partial charge in [-0.1, -0.05) is 0 Å². The molecule has 4 heteroatoms. The molecule has 0 saturated carbocycles. The first-order valence-electron chi connectivity index (χ1n) is 1.51. The Hall–Kier alpha value is -0.380. The third-order valence-electron chi connectivity index (χ3n) is 0.224. The number of hydrogen-bond acceptors (Lipinski definition) is 3. The van der Waals surface area contributed by atoms with E-state index < -0.39 is 10.8 Å². The Balaban J connectivity index is 3.32. The van der Waals surface area contributed by atoms with Gasteiger partial charge in [0.25, 0.3) is 0 Å². The Morgan fingerprint density at radius 2 is 2.00 bits per heavy atom. The summed E-state index contributed by atoms with van der Waals surface area (Å²) >= 11 is 2.39. The summed E-state index contributed by atoms with van der Waals surface area (Å²) in [6.45, 7) is 1.15. The van der Waals surface area contributed by atoms with E-state index in [0.29, 0.717) is 0 Å². The lowest BCUT2D eigenvalue weighted by molar-refractivity contribution is -0.133. The van der Waals surface area contributed by atoms with E-state index in [2.05, 4.69) is 20.7 Å². The highest BCUT2D eigenvalue weighted by molar-refractivity contribution is 9.18. The van der Waals surface area contributed by atoms with Gasteiger partial charge in [-0.05, 0) is 0 Å². The molecule has 0 unspecified atom stereocenters. The van der Waals surface area contributed by atoms with Gasteiger partial charge in [0, 0.05) is 22.9 Å². The lowest BCUT2D eigenvalue weighted by atomic mass is 10.8. The van der Waals surface area contributed by atoms with E-state index in [4.69, 9.17) is 0 Å². The molecule has 0 bridgehead atoms. The van der Waals surface area contributed by atoms with Crippen molar-refractivity contribution in [3.63, 3.8) is 0 Å². The molecule has 0 radical (unpaired) electrons. The van der Waals surface area contributed by atoms with E-state index in [0.717, 1.165) is 6.92 Å². The molecule has 0 atom stereocenters. The van der Waals surface area contributed by atoms with Crippen molar-refractivity contribution in [2.45, 2.75) is 6.92 Å². The van der Waals surface area contributed by atoms with Crippen LogP contribution in [0.3, 0.4) is 0 Å². The summed E-state index contributed by atoms with van der Waals surface area (Å²) < 4.78 is 3.89. The molecule has 0 rings (SSSR count). The second-order valence-electron chi connectivity index (χ2n) is 0.831. The topological polar surface area (TPSA) is 43.4 Å². The molecule has 0 aliphatic rings. The van der Waals surface area contributed by atoms with Gasteiger partial charge in [0.15, 0.2) is 0 Å². The molecular formula is C3H3BrO3. The quantitative estimate of drug-likeness (QED) is 0.307. The van der Waals surface area contributed by atoms with Gasteiger partial charge < -0.3 is 4.74 Å². The maximum Gasteiger partial charge on any atom is 0.382 e. The SMILES string of the molecule is CC(=O)OC(=O)Br. The molecule has 0 spiro atoms. The van der Waals surface area contributed by atoms with Crippen LogP contribution in [0.4, 0.5) is 4.79 Å². The van der Waals surface area contributed by atoms with Crippen molar-refractivity contribution in [1.82, 2.24) is 0 Å². The summed E-state index contributed by atoms with van der Waals surface area (Å²) in [5, 5.41) is 0. The lowest BCUT2D eigenvalue weighted by Gasteiger charge is -1.85. The van der Waals surface area contributed by atoms with Gasteiger partial charge in [0.2, 0.25) is 0 Å². The van der Waals surface area contributed by atoms with Crippen LogP contribution in [-0.2, 0) is 9.53 Å². The van der Waals surface area contributed by atoms with Crippen molar-refractivity contribution >= 4 is 26.8 Å². The lowest BCUT2D eigenvalue weighted by Crippen LogP contribution is -1.98. The fourth-order valence-electron chi connectivity index (χ4n) is 0.113. The molecule has 0 aromatic rings. The maximum atomic E-state index is 9.78. The Morgan fingerprint density at radius 3 is 2.00 bits per heavy atom. The number of ether oxygens (including phenoxy) is 1. The van der Waals surface area contributed by atoms with Gasteiger partial charge in [0.05, 0.1) is 0 Å². The monoisotopic (exact) mass is 166 g/mol. The molecule has 0 aromatic carbocycles. The minimum absolute atomic E-state index is 0.609. The first kappa shape index (κ1) is 6.62. The van der Waals surface area contributed by atoms with Gasteiger partial charge in [-0.15, -0.1) is 0 Å². The summed E-state index contributed by atoms with van der Waals surface area (Å²) in [6, 6.07) is 0. The van der Waals surface area contributed by atoms with E-state index >= 15 is 0 Å². The van der Waals surface area contributed by atoms with Gasteiger partial charge in [-0.25, -0.2) is 4.79 Å². The van der Waals surface area contributed by atoms with Crippen molar-refractivity contribution in [2.24, 2.45) is 0 Å². The third kappa shape index (κ3) is 5.62.